The van der Waals surface area contributed by atoms with Gasteiger partial charge in [0.25, 0.3) is 23.6 Å². The maximum atomic E-state index is 16.5. The van der Waals surface area contributed by atoms with E-state index in [1.54, 1.807) is 24.3 Å². The number of fused-ring (bicyclic) bond motifs is 2. The maximum absolute atomic E-state index is 16.5. The molecule has 0 bridgehead atoms. The number of amides is 4. The van der Waals surface area contributed by atoms with Crippen LogP contribution >= 0.6 is 0 Å². The van der Waals surface area contributed by atoms with Crippen molar-refractivity contribution in [3.63, 3.8) is 0 Å². The minimum Gasteiger partial charge on any atom is -0.274 e. The summed E-state index contributed by atoms with van der Waals surface area (Å²) < 4.78 is 32.9. The summed E-state index contributed by atoms with van der Waals surface area (Å²) >= 11 is 0. The lowest BCUT2D eigenvalue weighted by Gasteiger charge is -2.32. The van der Waals surface area contributed by atoms with Crippen LogP contribution in [0.25, 0.3) is 43.1 Å². The summed E-state index contributed by atoms with van der Waals surface area (Å²) in [5, 5.41) is 2.15. The fraction of sp³-hybridized carbons (Fsp3) is 0.400. The van der Waals surface area contributed by atoms with Crippen LogP contribution in [0.3, 0.4) is 0 Å². The molecule has 8 heteroatoms. The van der Waals surface area contributed by atoms with Crippen LogP contribution < -0.4 is 0 Å². The Labute approximate surface area is 278 Å². The Morgan fingerprint density at radius 2 is 0.917 bits per heavy atom. The molecule has 248 valence electrons. The van der Waals surface area contributed by atoms with Gasteiger partial charge in [0, 0.05) is 51.1 Å². The summed E-state index contributed by atoms with van der Waals surface area (Å²) in [7, 11) is 0. The zero-order valence-corrected chi connectivity index (χ0v) is 28.0. The number of nitrogens with zero attached hydrogens (tertiary/aromatic N) is 2. The molecule has 2 aliphatic heterocycles. The van der Waals surface area contributed by atoms with E-state index in [4.69, 9.17) is 0 Å². The molecule has 0 saturated heterocycles. The highest BCUT2D eigenvalue weighted by atomic mass is 19.1. The Morgan fingerprint density at radius 1 is 0.521 bits per heavy atom. The molecular weight excluding hydrogens is 610 g/mol. The fourth-order valence-corrected chi connectivity index (χ4v) is 8.15. The van der Waals surface area contributed by atoms with Crippen LogP contribution in [-0.4, -0.2) is 46.5 Å². The van der Waals surface area contributed by atoms with Crippen molar-refractivity contribution < 1.29 is 28.0 Å². The van der Waals surface area contributed by atoms with E-state index in [0.29, 0.717) is 39.2 Å². The first-order chi connectivity index (χ1) is 23.2. The van der Waals surface area contributed by atoms with E-state index in [-0.39, 0.29) is 51.1 Å². The second-order valence-electron chi connectivity index (χ2n) is 13.7. The molecule has 0 aromatic heterocycles. The third kappa shape index (κ3) is 4.62. The van der Waals surface area contributed by atoms with Gasteiger partial charge in [0.15, 0.2) is 0 Å². The smallest absolute Gasteiger partial charge is 0.261 e. The second-order valence-corrected chi connectivity index (χ2v) is 13.7. The third-order valence-corrected chi connectivity index (χ3v) is 10.9. The molecule has 2 atom stereocenters. The predicted molar refractivity (Wildman–Crippen MR) is 185 cm³/mol. The third-order valence-electron chi connectivity index (χ3n) is 10.9. The van der Waals surface area contributed by atoms with Gasteiger partial charge in [-0.25, -0.2) is 8.78 Å². The average Bonchev–Trinajstić information content (AvgIpc) is 3.09. The van der Waals surface area contributed by atoms with Crippen LogP contribution in [0.5, 0.6) is 0 Å². The number of carbonyl (C=O) groups is 4. The highest BCUT2D eigenvalue weighted by Crippen LogP contribution is 2.48. The Bertz CT molecular complexity index is 2050. The number of halogens is 2. The summed E-state index contributed by atoms with van der Waals surface area (Å²) in [5.41, 5.74) is 0.715. The van der Waals surface area contributed by atoms with Crippen LogP contribution in [-0.2, 0) is 0 Å². The Hall–Kier alpha value is -4.46. The second kappa shape index (κ2) is 12.2. The quantitative estimate of drug-likeness (QED) is 0.0766. The van der Waals surface area contributed by atoms with Gasteiger partial charge in [-0.15, -0.1) is 0 Å². The minimum atomic E-state index is -0.723. The zero-order valence-electron chi connectivity index (χ0n) is 28.0. The summed E-state index contributed by atoms with van der Waals surface area (Å²) in [6, 6.07) is 8.87. The molecule has 0 radical (unpaired) electrons. The predicted octanol–water partition coefficient (Wildman–Crippen LogP) is 9.64. The van der Waals surface area contributed by atoms with Crippen molar-refractivity contribution in [2.45, 2.75) is 79.1 Å². The van der Waals surface area contributed by atoms with Gasteiger partial charge >= 0.3 is 0 Å². The molecule has 0 spiro atoms. The molecule has 2 unspecified atom stereocenters. The highest BCUT2D eigenvalue weighted by molar-refractivity contribution is 6.41. The Morgan fingerprint density at radius 3 is 1.31 bits per heavy atom. The van der Waals surface area contributed by atoms with Gasteiger partial charge in [-0.05, 0) is 65.1 Å². The van der Waals surface area contributed by atoms with Crippen molar-refractivity contribution in [1.29, 1.82) is 0 Å². The molecule has 4 amide bonds. The van der Waals surface area contributed by atoms with Gasteiger partial charge in [-0.2, -0.15) is 0 Å². The lowest BCUT2D eigenvalue weighted by atomic mass is 9.81. The first kappa shape index (κ1) is 32.1. The van der Waals surface area contributed by atoms with Crippen molar-refractivity contribution in [3.05, 3.63) is 70.3 Å². The number of carbonyl (C=O) groups excluding carboxylic acids is 4. The maximum Gasteiger partial charge on any atom is 0.261 e. The van der Waals surface area contributed by atoms with Crippen molar-refractivity contribution in [3.8, 4) is 0 Å². The lowest BCUT2D eigenvalue weighted by Crippen LogP contribution is -2.43. The average molecular weight is 651 g/mol. The summed E-state index contributed by atoms with van der Waals surface area (Å²) in [6.07, 6.45) is 7.33. The number of hydrogen-bond donors (Lipinski definition) is 0. The molecule has 0 aliphatic carbocycles. The van der Waals surface area contributed by atoms with Crippen LogP contribution in [0.4, 0.5) is 8.78 Å². The molecule has 48 heavy (non-hydrogen) atoms. The topological polar surface area (TPSA) is 74.8 Å². The zero-order chi connectivity index (χ0) is 34.0. The van der Waals surface area contributed by atoms with Gasteiger partial charge in [0.2, 0.25) is 0 Å². The molecule has 7 rings (SSSR count). The standard InChI is InChI=1S/C40H40F2N2O4/c1-5-9-11-21(7-3)19-43-37(45)25-15-13-23-31-24(14-16-26(32(25)31)38(43)46)35-30(42)18-28-33-27(17-29(41)34(23)36(33)35)39(47)44(40(28)48)20-22(8-4)12-10-6-2/h13-18,21-22H,5-12,19-20H2,1-4H3. The van der Waals surface area contributed by atoms with Crippen LogP contribution in [0.15, 0.2) is 36.4 Å². The number of benzene rings is 5. The van der Waals surface area contributed by atoms with Crippen molar-refractivity contribution in [2.24, 2.45) is 11.8 Å². The van der Waals surface area contributed by atoms with E-state index in [2.05, 4.69) is 20.8 Å². The van der Waals surface area contributed by atoms with Crippen LogP contribution in [0.1, 0.15) is 120 Å². The molecule has 0 N–H and O–H groups in total. The van der Waals surface area contributed by atoms with E-state index >= 15 is 8.78 Å². The lowest BCUT2D eigenvalue weighted by molar-refractivity contribution is 0.0565. The molecule has 0 fully saturated rings. The van der Waals surface area contributed by atoms with Crippen LogP contribution in [0.2, 0.25) is 0 Å². The Kier molecular flexibility index (Phi) is 8.17. The largest absolute Gasteiger partial charge is 0.274 e. The highest BCUT2D eigenvalue weighted by Gasteiger charge is 2.39. The summed E-state index contributed by atoms with van der Waals surface area (Å²) in [6.45, 7) is 8.76. The van der Waals surface area contributed by atoms with Crippen LogP contribution in [0, 0.1) is 23.5 Å². The van der Waals surface area contributed by atoms with Crippen molar-refractivity contribution in [1.82, 2.24) is 9.80 Å². The summed E-state index contributed by atoms with van der Waals surface area (Å²) in [4.78, 5) is 58.1. The first-order valence-corrected chi connectivity index (χ1v) is 17.5. The number of unbranched alkanes of at least 4 members (excludes halogenated alkanes) is 2. The molecule has 5 aromatic rings. The molecule has 0 saturated carbocycles. The van der Waals surface area contributed by atoms with E-state index in [9.17, 15) is 19.2 Å². The van der Waals surface area contributed by atoms with Gasteiger partial charge in [-0.3, -0.25) is 29.0 Å². The number of hydrogen-bond acceptors (Lipinski definition) is 4. The SMILES string of the molecule is CCCCC(CC)CN1C(=O)c2ccc3c4c(F)cc5c6c(cc(F)c(c7ccc(c2c37)C1=O)c64)C(=O)N(CC(CC)CCCC)C5=O. The number of rotatable bonds is 12. The molecule has 2 aliphatic rings. The minimum absolute atomic E-state index is 0.0380. The molecule has 2 heterocycles. The van der Waals surface area contributed by atoms with Gasteiger partial charge < -0.3 is 0 Å². The van der Waals surface area contributed by atoms with Crippen molar-refractivity contribution in [2.75, 3.05) is 13.1 Å². The van der Waals surface area contributed by atoms with E-state index in [0.717, 1.165) is 68.4 Å². The van der Waals surface area contributed by atoms with Crippen molar-refractivity contribution >= 4 is 66.7 Å². The Balaban J connectivity index is 1.44. The van der Waals surface area contributed by atoms with Gasteiger partial charge in [0.1, 0.15) is 11.6 Å². The molecular formula is C40H40F2N2O4. The van der Waals surface area contributed by atoms with Gasteiger partial charge in [0.05, 0.1) is 11.1 Å². The van der Waals surface area contributed by atoms with Gasteiger partial charge in [-0.1, -0.05) is 78.4 Å². The molecule has 5 aromatic carbocycles. The normalized spacial score (nSPS) is 16.0. The molecule has 6 nitrogen and oxygen atoms in total. The fourth-order valence-electron chi connectivity index (χ4n) is 8.15. The first-order valence-electron chi connectivity index (χ1n) is 17.5. The van der Waals surface area contributed by atoms with E-state index in [1.165, 1.54) is 4.90 Å². The monoisotopic (exact) mass is 650 g/mol. The van der Waals surface area contributed by atoms with E-state index in [1.807, 2.05) is 6.92 Å². The summed E-state index contributed by atoms with van der Waals surface area (Å²) in [5.74, 6) is -3.18. The van der Waals surface area contributed by atoms with E-state index < -0.39 is 35.3 Å². The number of imide groups is 2.